The van der Waals surface area contributed by atoms with Gasteiger partial charge < -0.3 is 9.84 Å². The fraction of sp³-hybridized carbons (Fsp3) is 0.618. The molecule has 216 valence electrons. The highest BCUT2D eigenvalue weighted by Crippen LogP contribution is 2.35. The first kappa shape index (κ1) is 32.7. The molecule has 5 nitrogen and oxygen atoms in total. The van der Waals surface area contributed by atoms with Gasteiger partial charge >= 0.3 is 0 Å². The number of Topliss-reactive ketones (excluding diaryl/α,β-unsaturated/α-hetero) is 2. The van der Waals surface area contributed by atoms with Crippen LogP contribution in [0.4, 0.5) is 0 Å². The van der Waals surface area contributed by atoms with Crippen LogP contribution >= 0.6 is 0 Å². The summed E-state index contributed by atoms with van der Waals surface area (Å²) >= 11 is 0. The molecule has 0 radical (unpaired) electrons. The second kappa shape index (κ2) is 13.2. The van der Waals surface area contributed by atoms with E-state index >= 15 is 0 Å². The van der Waals surface area contributed by atoms with Gasteiger partial charge in [-0.15, -0.1) is 0 Å². The predicted molar refractivity (Wildman–Crippen MR) is 158 cm³/mol. The summed E-state index contributed by atoms with van der Waals surface area (Å²) in [5.74, 6) is 0.0467. The van der Waals surface area contributed by atoms with Gasteiger partial charge in [0, 0.05) is 28.6 Å². The number of hydrogen-bond acceptors (Lipinski definition) is 5. The maximum Gasteiger partial charge on any atom is 0.293 e. The molecule has 2 aliphatic carbocycles. The lowest BCUT2D eigenvalue weighted by atomic mass is 9.77. The van der Waals surface area contributed by atoms with Crippen molar-refractivity contribution in [2.24, 2.45) is 16.2 Å². The summed E-state index contributed by atoms with van der Waals surface area (Å²) < 4.78 is 5.13. The average Bonchev–Trinajstić information content (AvgIpc) is 2.82. The summed E-state index contributed by atoms with van der Waals surface area (Å²) in [5, 5.41) is 9.49. The number of ketones is 2. The number of ether oxygens (including phenoxy) is 1. The van der Waals surface area contributed by atoms with Crippen molar-refractivity contribution in [3.05, 3.63) is 58.7 Å². The molecule has 0 spiro atoms. The van der Waals surface area contributed by atoms with Crippen LogP contribution in [0.5, 0.6) is 0 Å². The first-order valence-electron chi connectivity index (χ1n) is 14.4. The molecule has 2 aliphatic rings. The molecule has 2 rings (SSSR count). The molecule has 0 atom stereocenters. The number of carbonyl (C=O) groups excluding carboxylic acids is 3. The third-order valence-corrected chi connectivity index (χ3v) is 7.52. The summed E-state index contributed by atoms with van der Waals surface area (Å²) in [7, 11) is 0. The Bertz CT molecular complexity index is 1070. The van der Waals surface area contributed by atoms with Gasteiger partial charge in [-0.25, -0.2) is 0 Å². The van der Waals surface area contributed by atoms with Crippen molar-refractivity contribution < 1.29 is 24.2 Å². The van der Waals surface area contributed by atoms with Crippen molar-refractivity contribution in [3.8, 4) is 0 Å². The van der Waals surface area contributed by atoms with Gasteiger partial charge in [-0.1, -0.05) is 84.4 Å². The molecule has 0 aliphatic heterocycles. The number of unbranched alkanes of at least 4 members (excludes halogenated alkanes) is 2. The smallest absolute Gasteiger partial charge is 0.293 e. The Balaban J connectivity index is 2.07. The van der Waals surface area contributed by atoms with Crippen molar-refractivity contribution in [2.75, 3.05) is 6.61 Å². The van der Waals surface area contributed by atoms with E-state index < -0.39 is 5.60 Å². The minimum absolute atomic E-state index is 0.0133. The monoisotopic (exact) mass is 538 g/mol. The molecule has 0 bridgehead atoms. The number of aliphatic hydroxyl groups excluding tert-OH is 1. The molecule has 5 heteroatoms. The lowest BCUT2D eigenvalue weighted by Gasteiger charge is -2.26. The standard InChI is InChI=1S/C34H50O5/c1-31(2,23-35)17-11-9-13-25-19-32(3,4)21-27(29(25)37)15-16-28-22-33(5,6)20-26(30(28)38)14-10-12-18-34(7,8)39-24-36/h15-16,19-22,24,35H,9-14,17-18,23H2,1-8H3/b16-15-. The molecule has 0 aromatic heterocycles. The van der Waals surface area contributed by atoms with Crippen LogP contribution in [0.3, 0.4) is 0 Å². The molecule has 0 fully saturated rings. The third kappa shape index (κ3) is 10.5. The molecule has 39 heavy (non-hydrogen) atoms. The third-order valence-electron chi connectivity index (χ3n) is 7.52. The first-order chi connectivity index (χ1) is 18.0. The van der Waals surface area contributed by atoms with E-state index in [1.54, 1.807) is 0 Å². The lowest BCUT2D eigenvalue weighted by molar-refractivity contribution is -0.140. The minimum Gasteiger partial charge on any atom is -0.462 e. The van der Waals surface area contributed by atoms with Crippen molar-refractivity contribution in [1.29, 1.82) is 0 Å². The summed E-state index contributed by atoms with van der Waals surface area (Å²) in [6.45, 7) is 16.9. The number of rotatable bonds is 15. The normalized spacial score (nSPS) is 19.4. The minimum atomic E-state index is -0.503. The Morgan fingerprint density at radius 3 is 1.59 bits per heavy atom. The molecule has 0 amide bonds. The van der Waals surface area contributed by atoms with E-state index in [4.69, 9.17) is 4.74 Å². The Morgan fingerprint density at radius 1 is 0.744 bits per heavy atom. The van der Waals surface area contributed by atoms with Gasteiger partial charge in [0.05, 0.1) is 0 Å². The van der Waals surface area contributed by atoms with E-state index in [1.165, 1.54) is 0 Å². The molecule has 0 saturated heterocycles. The second-order valence-electron chi connectivity index (χ2n) is 13.9. The van der Waals surface area contributed by atoms with Gasteiger partial charge in [-0.2, -0.15) is 0 Å². The lowest BCUT2D eigenvalue weighted by Crippen LogP contribution is -2.23. The SMILES string of the molecule is CC1(C)C=C(/C=C\C2=CC(C)(C)C=C(CCCCC(C)(C)OC=O)C2=O)C(=O)C(CCCCC(C)(C)CO)=C1. The molecular formula is C34H50O5. The van der Waals surface area contributed by atoms with Crippen LogP contribution in [-0.4, -0.2) is 35.4 Å². The molecule has 0 aromatic carbocycles. The first-order valence-corrected chi connectivity index (χ1v) is 14.4. The molecule has 0 heterocycles. The quantitative estimate of drug-likeness (QED) is 0.172. The van der Waals surface area contributed by atoms with E-state index in [1.807, 2.05) is 44.2 Å². The van der Waals surface area contributed by atoms with E-state index in [9.17, 15) is 19.5 Å². The maximum atomic E-state index is 13.3. The zero-order chi connectivity index (χ0) is 29.5. The van der Waals surface area contributed by atoms with E-state index in [-0.39, 0.29) is 34.4 Å². The molecule has 0 aromatic rings. The van der Waals surface area contributed by atoms with Crippen LogP contribution in [0.25, 0.3) is 0 Å². The van der Waals surface area contributed by atoms with Crippen LogP contribution in [0, 0.1) is 16.2 Å². The van der Waals surface area contributed by atoms with Crippen LogP contribution in [0.2, 0.25) is 0 Å². The fourth-order valence-corrected chi connectivity index (χ4v) is 5.27. The molecular weight excluding hydrogens is 488 g/mol. The van der Waals surface area contributed by atoms with Crippen molar-refractivity contribution in [2.45, 2.75) is 112 Å². The number of carbonyl (C=O) groups is 3. The van der Waals surface area contributed by atoms with E-state index in [0.29, 0.717) is 30.5 Å². The van der Waals surface area contributed by atoms with Gasteiger partial charge in [0.15, 0.2) is 11.6 Å². The van der Waals surface area contributed by atoms with Crippen LogP contribution < -0.4 is 0 Å². The summed E-state index contributed by atoms with van der Waals surface area (Å²) in [4.78, 5) is 37.4. The Hall–Kier alpha value is -2.53. The Kier molecular flexibility index (Phi) is 11.1. The van der Waals surface area contributed by atoms with Crippen LogP contribution in [0.1, 0.15) is 107 Å². The summed E-state index contributed by atoms with van der Waals surface area (Å²) in [6, 6.07) is 0. The van der Waals surface area contributed by atoms with Gasteiger partial charge in [-0.05, 0) is 75.4 Å². The van der Waals surface area contributed by atoms with Gasteiger partial charge in [0.1, 0.15) is 5.60 Å². The highest BCUT2D eigenvalue weighted by atomic mass is 16.5. The zero-order valence-electron chi connectivity index (χ0n) is 25.5. The molecule has 0 unspecified atom stereocenters. The maximum absolute atomic E-state index is 13.3. The Labute approximate surface area is 236 Å². The number of aliphatic hydroxyl groups is 1. The highest BCUT2D eigenvalue weighted by Gasteiger charge is 2.28. The topological polar surface area (TPSA) is 80.7 Å². The van der Waals surface area contributed by atoms with Gasteiger partial charge in [0.2, 0.25) is 0 Å². The van der Waals surface area contributed by atoms with Crippen molar-refractivity contribution >= 4 is 18.0 Å². The van der Waals surface area contributed by atoms with Crippen LogP contribution in [-0.2, 0) is 19.1 Å². The number of allylic oxidation sites excluding steroid dienone is 10. The average molecular weight is 539 g/mol. The van der Waals surface area contributed by atoms with Gasteiger partial charge in [-0.3, -0.25) is 14.4 Å². The van der Waals surface area contributed by atoms with Crippen LogP contribution in [0.15, 0.2) is 58.7 Å². The van der Waals surface area contributed by atoms with Crippen molar-refractivity contribution in [3.63, 3.8) is 0 Å². The predicted octanol–water partition coefficient (Wildman–Crippen LogP) is 7.56. The largest absolute Gasteiger partial charge is 0.462 e. The van der Waals surface area contributed by atoms with Gasteiger partial charge in [0.25, 0.3) is 6.47 Å². The molecule has 0 saturated carbocycles. The second-order valence-corrected chi connectivity index (χ2v) is 13.9. The van der Waals surface area contributed by atoms with E-state index in [2.05, 4.69) is 47.6 Å². The molecule has 1 N–H and O–H groups in total. The Morgan fingerprint density at radius 2 is 1.18 bits per heavy atom. The summed E-state index contributed by atoms with van der Waals surface area (Å²) in [6.07, 6.45) is 18.3. The highest BCUT2D eigenvalue weighted by molar-refractivity contribution is 6.13. The number of hydrogen-bond donors (Lipinski definition) is 1. The zero-order valence-corrected chi connectivity index (χ0v) is 25.5. The van der Waals surface area contributed by atoms with Crippen molar-refractivity contribution in [1.82, 2.24) is 0 Å². The van der Waals surface area contributed by atoms with E-state index in [0.717, 1.165) is 49.7 Å². The fourth-order valence-electron chi connectivity index (χ4n) is 5.27. The summed E-state index contributed by atoms with van der Waals surface area (Å²) in [5.41, 5.74) is 1.77.